The van der Waals surface area contributed by atoms with Gasteiger partial charge in [0.25, 0.3) is 5.91 Å². The van der Waals surface area contributed by atoms with E-state index in [4.69, 9.17) is 18.9 Å². The normalized spacial score (nSPS) is 10.9. The van der Waals surface area contributed by atoms with Crippen LogP contribution < -0.4 is 24.4 Å². The molecular formula is C20H21N3O5. The maximum atomic E-state index is 12.3. The molecule has 0 bridgehead atoms. The predicted molar refractivity (Wildman–Crippen MR) is 106 cm³/mol. The molecule has 0 aliphatic carbocycles. The second-order valence-electron chi connectivity index (χ2n) is 5.79. The van der Waals surface area contributed by atoms with Crippen molar-refractivity contribution < 1.29 is 23.7 Å². The van der Waals surface area contributed by atoms with Gasteiger partial charge in [-0.2, -0.15) is 5.10 Å². The fourth-order valence-corrected chi connectivity index (χ4v) is 2.76. The third-order valence-corrected chi connectivity index (χ3v) is 4.14. The summed E-state index contributed by atoms with van der Waals surface area (Å²) < 4.78 is 21.1. The van der Waals surface area contributed by atoms with E-state index in [2.05, 4.69) is 15.5 Å². The van der Waals surface area contributed by atoms with Crippen molar-refractivity contribution in [1.29, 1.82) is 0 Å². The average molecular weight is 383 g/mol. The molecule has 3 aromatic rings. The zero-order valence-electron chi connectivity index (χ0n) is 16.0. The summed E-state index contributed by atoms with van der Waals surface area (Å²) in [5.41, 5.74) is 4.37. The Bertz CT molecular complexity index is 1000. The van der Waals surface area contributed by atoms with E-state index in [0.29, 0.717) is 34.3 Å². The van der Waals surface area contributed by atoms with E-state index in [1.807, 2.05) is 18.2 Å². The van der Waals surface area contributed by atoms with E-state index in [9.17, 15) is 4.79 Å². The molecule has 3 rings (SSSR count). The second kappa shape index (κ2) is 8.34. The summed E-state index contributed by atoms with van der Waals surface area (Å²) in [7, 11) is 6.19. The van der Waals surface area contributed by atoms with Gasteiger partial charge in [0.15, 0.2) is 11.5 Å². The van der Waals surface area contributed by atoms with Crippen LogP contribution in [0, 0.1) is 0 Å². The smallest absolute Gasteiger partial charge is 0.287 e. The number of ether oxygens (including phenoxy) is 4. The molecule has 0 saturated heterocycles. The van der Waals surface area contributed by atoms with Gasteiger partial charge in [-0.25, -0.2) is 5.43 Å². The predicted octanol–water partition coefficient (Wildman–Crippen LogP) is 2.97. The van der Waals surface area contributed by atoms with Gasteiger partial charge in [0.05, 0.1) is 34.7 Å². The molecule has 2 N–H and O–H groups in total. The van der Waals surface area contributed by atoms with Crippen molar-refractivity contribution in [2.75, 3.05) is 28.4 Å². The van der Waals surface area contributed by atoms with Crippen molar-refractivity contribution in [2.24, 2.45) is 5.10 Å². The number of hydrogen-bond donors (Lipinski definition) is 2. The fraction of sp³-hybridized carbons (Fsp3) is 0.200. The molecule has 146 valence electrons. The van der Waals surface area contributed by atoms with Gasteiger partial charge >= 0.3 is 0 Å². The number of methoxy groups -OCH3 is 4. The van der Waals surface area contributed by atoms with Crippen LogP contribution in [0.1, 0.15) is 16.1 Å². The molecule has 0 saturated carbocycles. The highest BCUT2D eigenvalue weighted by molar-refractivity contribution is 5.98. The third kappa shape index (κ3) is 3.85. The molecule has 0 aliphatic heterocycles. The van der Waals surface area contributed by atoms with Crippen LogP contribution in [0.4, 0.5) is 0 Å². The first kappa shape index (κ1) is 19.1. The highest BCUT2D eigenvalue weighted by Crippen LogP contribution is 2.37. The molecule has 1 amide bonds. The van der Waals surface area contributed by atoms with Gasteiger partial charge in [-0.1, -0.05) is 0 Å². The molecule has 0 fully saturated rings. The largest absolute Gasteiger partial charge is 0.497 e. The minimum atomic E-state index is -0.362. The highest BCUT2D eigenvalue weighted by Gasteiger charge is 2.13. The Balaban J connectivity index is 1.76. The van der Waals surface area contributed by atoms with Gasteiger partial charge in [-0.05, 0) is 30.3 Å². The Morgan fingerprint density at radius 3 is 2.29 bits per heavy atom. The molecule has 0 spiro atoms. The molecule has 2 aromatic carbocycles. The van der Waals surface area contributed by atoms with E-state index in [1.54, 1.807) is 25.3 Å². The number of rotatable bonds is 7. The summed E-state index contributed by atoms with van der Waals surface area (Å²) in [6, 6.07) is 10.7. The molecule has 1 heterocycles. The summed E-state index contributed by atoms with van der Waals surface area (Å²) in [5.74, 6) is 1.83. The van der Waals surface area contributed by atoms with Crippen LogP contribution in [-0.2, 0) is 0 Å². The lowest BCUT2D eigenvalue weighted by atomic mass is 10.2. The van der Waals surface area contributed by atoms with E-state index in [0.717, 1.165) is 10.9 Å². The van der Waals surface area contributed by atoms with Gasteiger partial charge in [-0.15, -0.1) is 0 Å². The van der Waals surface area contributed by atoms with Gasteiger partial charge in [0.1, 0.15) is 11.4 Å². The lowest BCUT2D eigenvalue weighted by molar-refractivity contribution is 0.0951. The maximum Gasteiger partial charge on any atom is 0.287 e. The molecule has 28 heavy (non-hydrogen) atoms. The zero-order valence-corrected chi connectivity index (χ0v) is 16.0. The molecule has 8 nitrogen and oxygen atoms in total. The van der Waals surface area contributed by atoms with Gasteiger partial charge in [-0.3, -0.25) is 4.79 Å². The number of amides is 1. The molecule has 1 aromatic heterocycles. The molecule has 0 radical (unpaired) electrons. The average Bonchev–Trinajstić information content (AvgIpc) is 3.16. The number of carbonyl (C=O) groups excluding carboxylic acids is 1. The number of H-pyrrole nitrogens is 1. The Morgan fingerprint density at radius 1 is 0.964 bits per heavy atom. The third-order valence-electron chi connectivity index (χ3n) is 4.14. The maximum absolute atomic E-state index is 12.3. The SMILES string of the molecule is COc1ccc2cc(C(=O)N/N=C\c3cc(OC)c(OC)c(OC)c3)[nH]c2c1. The number of fused-ring (bicyclic) bond motifs is 1. The van der Waals surface area contributed by atoms with Crippen LogP contribution >= 0.6 is 0 Å². The van der Waals surface area contributed by atoms with E-state index < -0.39 is 0 Å². The minimum Gasteiger partial charge on any atom is -0.497 e. The summed E-state index contributed by atoms with van der Waals surface area (Å²) in [4.78, 5) is 15.4. The standard InChI is InChI=1S/C20H21N3O5/c1-25-14-6-5-13-9-16(22-15(13)10-14)20(24)23-21-11-12-7-17(26-2)19(28-4)18(8-12)27-3/h5-11,22H,1-4H3,(H,23,24)/b21-11-. The minimum absolute atomic E-state index is 0.362. The van der Waals surface area contributed by atoms with Crippen LogP contribution in [0.3, 0.4) is 0 Å². The monoisotopic (exact) mass is 383 g/mol. The second-order valence-corrected chi connectivity index (χ2v) is 5.79. The Labute approximate surface area is 162 Å². The van der Waals surface area contributed by atoms with Gasteiger partial charge < -0.3 is 23.9 Å². The summed E-state index contributed by atoms with van der Waals surface area (Å²) in [6.45, 7) is 0. The van der Waals surface area contributed by atoms with Crippen molar-refractivity contribution in [3.63, 3.8) is 0 Å². The lowest BCUT2D eigenvalue weighted by Gasteiger charge is -2.12. The van der Waals surface area contributed by atoms with Gasteiger partial charge in [0.2, 0.25) is 5.75 Å². The van der Waals surface area contributed by atoms with E-state index >= 15 is 0 Å². The Kier molecular flexibility index (Phi) is 5.69. The number of nitrogens with one attached hydrogen (secondary N) is 2. The molecule has 0 aliphatic rings. The number of hydrazone groups is 1. The number of aromatic nitrogens is 1. The number of nitrogens with zero attached hydrogens (tertiary/aromatic N) is 1. The fourth-order valence-electron chi connectivity index (χ4n) is 2.76. The number of benzene rings is 2. The van der Waals surface area contributed by atoms with E-state index in [-0.39, 0.29) is 5.91 Å². The summed E-state index contributed by atoms with van der Waals surface area (Å²) in [6.07, 6.45) is 1.49. The van der Waals surface area contributed by atoms with Crippen LogP contribution in [0.25, 0.3) is 10.9 Å². The molecule has 8 heteroatoms. The van der Waals surface area contributed by atoms with Crippen molar-refractivity contribution in [1.82, 2.24) is 10.4 Å². The van der Waals surface area contributed by atoms with E-state index in [1.165, 1.54) is 27.5 Å². The van der Waals surface area contributed by atoms with Crippen molar-refractivity contribution in [3.05, 3.63) is 47.7 Å². The van der Waals surface area contributed by atoms with Crippen LogP contribution in [0.15, 0.2) is 41.5 Å². The van der Waals surface area contributed by atoms with Crippen LogP contribution in [0.5, 0.6) is 23.0 Å². The topological polar surface area (TPSA) is 94.2 Å². The van der Waals surface area contributed by atoms with Crippen LogP contribution in [0.2, 0.25) is 0 Å². The quantitative estimate of drug-likeness (QED) is 0.483. The summed E-state index contributed by atoms with van der Waals surface area (Å²) >= 11 is 0. The molecule has 0 atom stereocenters. The van der Waals surface area contributed by atoms with Crippen molar-refractivity contribution in [3.8, 4) is 23.0 Å². The molecule has 0 unspecified atom stereocenters. The first-order valence-electron chi connectivity index (χ1n) is 8.39. The Hall–Kier alpha value is -3.68. The highest BCUT2D eigenvalue weighted by atomic mass is 16.5. The number of carbonyl (C=O) groups is 1. The Morgan fingerprint density at radius 2 is 1.68 bits per heavy atom. The van der Waals surface area contributed by atoms with Gasteiger partial charge in [0, 0.05) is 22.5 Å². The first-order chi connectivity index (χ1) is 13.6. The first-order valence-corrected chi connectivity index (χ1v) is 8.39. The van der Waals surface area contributed by atoms with Crippen molar-refractivity contribution >= 4 is 23.0 Å². The number of aromatic amines is 1. The van der Waals surface area contributed by atoms with Crippen molar-refractivity contribution in [2.45, 2.75) is 0 Å². The summed E-state index contributed by atoms with van der Waals surface area (Å²) in [5, 5.41) is 4.91. The van der Waals surface area contributed by atoms with Crippen LogP contribution in [-0.4, -0.2) is 45.5 Å². The zero-order chi connectivity index (χ0) is 20.1. The molecular weight excluding hydrogens is 362 g/mol. The lowest BCUT2D eigenvalue weighted by Crippen LogP contribution is -2.17. The number of hydrogen-bond acceptors (Lipinski definition) is 6.